The average Bonchev–Trinajstić information content (AvgIpc) is 3.26. The monoisotopic (exact) mass is 404 g/mol. The molecule has 26 heavy (non-hydrogen) atoms. The Morgan fingerprint density at radius 1 is 1.38 bits per heavy atom. The van der Waals surface area contributed by atoms with Gasteiger partial charge in [0.15, 0.2) is 0 Å². The first-order valence-corrected chi connectivity index (χ1v) is 10.8. The Kier molecular flexibility index (Phi) is 4.73. The average molecular weight is 405 g/mol. The van der Waals surface area contributed by atoms with Gasteiger partial charge in [-0.05, 0) is 50.0 Å². The second-order valence-electron chi connectivity index (χ2n) is 6.09. The van der Waals surface area contributed by atoms with Crippen LogP contribution < -0.4 is 5.56 Å². The third kappa shape index (κ3) is 3.36. The smallest absolute Gasteiger partial charge is 0.313 e. The highest BCUT2D eigenvalue weighted by Gasteiger charge is 2.22. The Morgan fingerprint density at radius 3 is 2.96 bits per heavy atom. The van der Waals surface area contributed by atoms with E-state index in [0.717, 1.165) is 34.5 Å². The van der Waals surface area contributed by atoms with Crippen molar-refractivity contribution in [1.29, 1.82) is 0 Å². The van der Waals surface area contributed by atoms with Crippen molar-refractivity contribution >= 4 is 61.6 Å². The van der Waals surface area contributed by atoms with Gasteiger partial charge in [-0.1, -0.05) is 0 Å². The van der Waals surface area contributed by atoms with E-state index in [9.17, 15) is 9.59 Å². The second kappa shape index (κ2) is 7.02. The molecule has 0 saturated carbocycles. The standard InChI is InChI=1S/C18H16N2O3S3/c1-9-5-6-10(25-9)7-13(24-8-14(21)22)16-19-17(23)15-11-3-2-4-12(11)26-18(15)20-16/h5-7H,2-4,8H2,1H3,(H,21,22)(H,19,20,23)/b13-7-. The number of hydrogen-bond donors (Lipinski definition) is 2. The molecule has 0 aliphatic heterocycles. The highest BCUT2D eigenvalue weighted by molar-refractivity contribution is 8.09. The lowest BCUT2D eigenvalue weighted by Gasteiger charge is -2.05. The molecule has 1 aliphatic carbocycles. The summed E-state index contributed by atoms with van der Waals surface area (Å²) in [4.78, 5) is 36.1. The number of thiophene rings is 2. The van der Waals surface area contributed by atoms with E-state index in [2.05, 4.69) is 9.97 Å². The number of fused-ring (bicyclic) bond motifs is 3. The molecule has 0 saturated heterocycles. The number of H-pyrrole nitrogens is 1. The van der Waals surface area contributed by atoms with Gasteiger partial charge in [0, 0.05) is 14.6 Å². The summed E-state index contributed by atoms with van der Waals surface area (Å²) in [7, 11) is 0. The number of aromatic amines is 1. The number of carboxylic acids is 1. The molecular weight excluding hydrogens is 388 g/mol. The fourth-order valence-corrected chi connectivity index (χ4v) is 5.98. The molecule has 4 rings (SSSR count). The predicted octanol–water partition coefficient (Wildman–Crippen LogP) is 4.16. The van der Waals surface area contributed by atoms with Gasteiger partial charge >= 0.3 is 5.97 Å². The summed E-state index contributed by atoms with van der Waals surface area (Å²) in [5.74, 6) is -0.541. The third-order valence-corrected chi connectivity index (χ3v) is 7.34. The Morgan fingerprint density at radius 2 is 2.23 bits per heavy atom. The SMILES string of the molecule is Cc1ccc(/C=C(\SCC(=O)O)c2nc3sc4c(c3c(=O)[nH]2)CCC4)s1. The molecule has 0 fully saturated rings. The van der Waals surface area contributed by atoms with Gasteiger partial charge in [-0.25, -0.2) is 4.98 Å². The number of carbonyl (C=O) groups is 1. The number of hydrogen-bond acceptors (Lipinski definition) is 6. The summed E-state index contributed by atoms with van der Waals surface area (Å²) in [6, 6.07) is 4.00. The first-order valence-electron chi connectivity index (χ1n) is 8.19. The highest BCUT2D eigenvalue weighted by atomic mass is 32.2. The molecule has 0 radical (unpaired) electrons. The minimum absolute atomic E-state index is 0.0844. The Hall–Kier alpha value is -1.90. The van der Waals surface area contributed by atoms with Gasteiger partial charge in [0.2, 0.25) is 0 Å². The molecule has 0 aromatic carbocycles. The van der Waals surface area contributed by atoms with Crippen LogP contribution in [0.5, 0.6) is 0 Å². The molecule has 0 unspecified atom stereocenters. The molecular formula is C18H16N2O3S3. The van der Waals surface area contributed by atoms with E-state index in [-0.39, 0.29) is 11.3 Å². The Bertz CT molecular complexity index is 1090. The lowest BCUT2D eigenvalue weighted by molar-refractivity contribution is -0.133. The number of nitrogens with one attached hydrogen (secondary N) is 1. The van der Waals surface area contributed by atoms with Gasteiger partial charge in [0.1, 0.15) is 10.7 Å². The third-order valence-electron chi connectivity index (χ3n) is 4.19. The molecule has 3 aromatic heterocycles. The van der Waals surface area contributed by atoms with Crippen LogP contribution in [-0.4, -0.2) is 26.8 Å². The molecule has 0 spiro atoms. The minimum Gasteiger partial charge on any atom is -0.481 e. The summed E-state index contributed by atoms with van der Waals surface area (Å²) >= 11 is 4.38. The quantitative estimate of drug-likeness (QED) is 0.667. The number of carboxylic acid groups (broad SMARTS) is 1. The van der Waals surface area contributed by atoms with Crippen LogP contribution in [0.25, 0.3) is 21.2 Å². The van der Waals surface area contributed by atoms with Crippen LogP contribution in [0, 0.1) is 6.92 Å². The maximum atomic E-state index is 12.7. The summed E-state index contributed by atoms with van der Waals surface area (Å²) in [6.07, 6.45) is 4.94. The van der Waals surface area contributed by atoms with Crippen molar-refractivity contribution in [2.45, 2.75) is 26.2 Å². The highest BCUT2D eigenvalue weighted by Crippen LogP contribution is 2.36. The number of nitrogens with zero attached hydrogens (tertiary/aromatic N) is 1. The van der Waals surface area contributed by atoms with Crippen LogP contribution >= 0.6 is 34.4 Å². The second-order valence-corrected chi connectivity index (χ2v) is 9.51. The van der Waals surface area contributed by atoms with Crippen molar-refractivity contribution in [2.24, 2.45) is 0 Å². The van der Waals surface area contributed by atoms with E-state index in [1.807, 2.05) is 25.1 Å². The molecule has 5 nitrogen and oxygen atoms in total. The molecule has 2 N–H and O–H groups in total. The van der Waals surface area contributed by atoms with Crippen LogP contribution in [0.4, 0.5) is 0 Å². The normalized spacial score (nSPS) is 14.1. The van der Waals surface area contributed by atoms with Crippen molar-refractivity contribution < 1.29 is 9.90 Å². The lowest BCUT2D eigenvalue weighted by atomic mass is 10.2. The van der Waals surface area contributed by atoms with Crippen molar-refractivity contribution in [2.75, 3.05) is 5.75 Å². The van der Waals surface area contributed by atoms with E-state index in [1.165, 1.54) is 21.5 Å². The number of aromatic nitrogens is 2. The van der Waals surface area contributed by atoms with Gasteiger partial charge in [0.05, 0.1) is 16.0 Å². The van der Waals surface area contributed by atoms with Crippen molar-refractivity contribution in [3.63, 3.8) is 0 Å². The van der Waals surface area contributed by atoms with Crippen molar-refractivity contribution in [3.8, 4) is 0 Å². The molecule has 3 heterocycles. The minimum atomic E-state index is -0.901. The van der Waals surface area contributed by atoms with Gasteiger partial charge < -0.3 is 10.1 Å². The Labute approximate surface area is 161 Å². The van der Waals surface area contributed by atoms with Gasteiger partial charge in [-0.2, -0.15) is 0 Å². The van der Waals surface area contributed by atoms with Crippen molar-refractivity contribution in [1.82, 2.24) is 9.97 Å². The zero-order chi connectivity index (χ0) is 18.3. The van der Waals surface area contributed by atoms with E-state index < -0.39 is 5.97 Å². The van der Waals surface area contributed by atoms with E-state index >= 15 is 0 Å². The van der Waals surface area contributed by atoms with Crippen LogP contribution in [0.1, 0.15) is 32.4 Å². The van der Waals surface area contributed by atoms with Crippen LogP contribution in [0.15, 0.2) is 16.9 Å². The molecule has 0 bridgehead atoms. The summed E-state index contributed by atoms with van der Waals surface area (Å²) in [6.45, 7) is 2.02. The van der Waals surface area contributed by atoms with Crippen LogP contribution in [0.2, 0.25) is 0 Å². The molecule has 0 amide bonds. The number of aliphatic carboxylic acids is 1. The Balaban J connectivity index is 1.81. The number of thioether (sulfide) groups is 1. The predicted molar refractivity (Wildman–Crippen MR) is 109 cm³/mol. The first kappa shape index (κ1) is 17.5. The van der Waals surface area contributed by atoms with E-state index in [0.29, 0.717) is 16.1 Å². The fourth-order valence-electron chi connectivity index (χ4n) is 3.10. The van der Waals surface area contributed by atoms with Crippen LogP contribution in [-0.2, 0) is 17.6 Å². The van der Waals surface area contributed by atoms with Gasteiger partial charge in [0.25, 0.3) is 5.56 Å². The fraction of sp³-hybridized carbons (Fsp3) is 0.278. The zero-order valence-electron chi connectivity index (χ0n) is 14.0. The number of aryl methyl sites for hydroxylation is 3. The van der Waals surface area contributed by atoms with Crippen LogP contribution in [0.3, 0.4) is 0 Å². The maximum absolute atomic E-state index is 12.7. The molecule has 8 heteroatoms. The molecule has 1 aliphatic rings. The lowest BCUT2D eigenvalue weighted by Crippen LogP contribution is -2.11. The first-order chi connectivity index (χ1) is 12.5. The number of rotatable bonds is 5. The van der Waals surface area contributed by atoms with E-state index in [4.69, 9.17) is 5.11 Å². The summed E-state index contributed by atoms with van der Waals surface area (Å²) in [5, 5.41) is 9.76. The topological polar surface area (TPSA) is 83.0 Å². The van der Waals surface area contributed by atoms with Gasteiger partial charge in [-0.15, -0.1) is 34.4 Å². The molecule has 134 valence electrons. The largest absolute Gasteiger partial charge is 0.481 e. The zero-order valence-corrected chi connectivity index (χ0v) is 16.4. The molecule has 3 aromatic rings. The van der Waals surface area contributed by atoms with Crippen molar-refractivity contribution in [3.05, 3.63) is 48.5 Å². The summed E-state index contributed by atoms with van der Waals surface area (Å²) in [5.41, 5.74) is 1.01. The molecule has 0 atom stereocenters. The summed E-state index contributed by atoms with van der Waals surface area (Å²) < 4.78 is 0. The van der Waals surface area contributed by atoms with E-state index in [1.54, 1.807) is 22.7 Å². The maximum Gasteiger partial charge on any atom is 0.313 e. The van der Waals surface area contributed by atoms with Gasteiger partial charge in [-0.3, -0.25) is 9.59 Å².